The lowest BCUT2D eigenvalue weighted by atomic mass is 10.1. The molecule has 0 bridgehead atoms. The Morgan fingerprint density at radius 1 is 1.08 bits per heavy atom. The molecule has 2 N–H and O–H groups in total. The number of anilines is 1. The maximum Gasteiger partial charge on any atom is 0.0946 e. The first-order valence-corrected chi connectivity index (χ1v) is 9.67. The van der Waals surface area contributed by atoms with Crippen molar-refractivity contribution in [3.8, 4) is 0 Å². The van der Waals surface area contributed by atoms with Crippen LogP contribution in [0.1, 0.15) is 18.4 Å². The highest BCUT2D eigenvalue weighted by Crippen LogP contribution is 2.28. The summed E-state index contributed by atoms with van der Waals surface area (Å²) in [4.78, 5) is 5.41. The number of hydrogen-bond acceptors (Lipinski definition) is 3. The van der Waals surface area contributed by atoms with Crippen LogP contribution in [0.15, 0.2) is 72.1 Å². The van der Waals surface area contributed by atoms with Gasteiger partial charge < -0.3 is 10.3 Å². The highest BCUT2D eigenvalue weighted by atomic mass is 35.5. The summed E-state index contributed by atoms with van der Waals surface area (Å²) in [6.07, 6.45) is 9.09. The molecule has 5 heteroatoms. The average molecular weight is 372 g/mol. The van der Waals surface area contributed by atoms with E-state index in [2.05, 4.69) is 33.8 Å². The molecule has 0 aliphatic rings. The van der Waals surface area contributed by atoms with Gasteiger partial charge in [0.1, 0.15) is 0 Å². The molecule has 0 radical (unpaired) electrons. The van der Waals surface area contributed by atoms with Crippen molar-refractivity contribution < 1.29 is 0 Å². The van der Waals surface area contributed by atoms with E-state index in [1.54, 1.807) is 0 Å². The first kappa shape index (κ1) is 17.9. The van der Waals surface area contributed by atoms with Crippen LogP contribution in [0.2, 0.25) is 5.02 Å². The number of aryl methyl sites for hydroxylation is 1. The number of thioether (sulfide) groups is 1. The Hall–Kier alpha value is -1.91. The summed E-state index contributed by atoms with van der Waals surface area (Å²) in [7, 11) is 0. The van der Waals surface area contributed by atoms with Crippen molar-refractivity contribution in [3.63, 3.8) is 0 Å². The molecule has 3 aromatic rings. The number of nitrogens with zero attached hydrogens (tertiary/aromatic N) is 2. The van der Waals surface area contributed by atoms with Crippen LogP contribution in [0.5, 0.6) is 0 Å². The molecular formula is C20H22ClN3S. The van der Waals surface area contributed by atoms with Gasteiger partial charge in [-0.25, -0.2) is 4.98 Å². The zero-order valence-electron chi connectivity index (χ0n) is 14.0. The lowest BCUT2D eigenvalue weighted by Gasteiger charge is -2.17. The van der Waals surface area contributed by atoms with Crippen LogP contribution in [-0.4, -0.2) is 14.8 Å². The summed E-state index contributed by atoms with van der Waals surface area (Å²) < 4.78 is 2.15. The summed E-state index contributed by atoms with van der Waals surface area (Å²) in [6, 6.07) is 16.3. The Morgan fingerprint density at radius 2 is 1.84 bits per heavy atom. The van der Waals surface area contributed by atoms with Gasteiger partial charge in [0.25, 0.3) is 0 Å². The molecule has 0 saturated heterocycles. The van der Waals surface area contributed by atoms with Gasteiger partial charge >= 0.3 is 0 Å². The number of aromatic nitrogens is 2. The second-order valence-corrected chi connectivity index (χ2v) is 7.90. The van der Waals surface area contributed by atoms with Gasteiger partial charge in [-0.05, 0) is 61.2 Å². The Labute approximate surface area is 158 Å². The van der Waals surface area contributed by atoms with Crippen molar-refractivity contribution in [1.29, 1.82) is 0 Å². The minimum absolute atomic E-state index is 0.491. The lowest BCUT2D eigenvalue weighted by molar-refractivity contribution is 0.601. The fourth-order valence-electron chi connectivity index (χ4n) is 2.74. The van der Waals surface area contributed by atoms with Gasteiger partial charge in [0.05, 0.1) is 6.33 Å². The van der Waals surface area contributed by atoms with Crippen LogP contribution in [0.3, 0.4) is 0 Å². The van der Waals surface area contributed by atoms with Crippen LogP contribution in [0.4, 0.5) is 5.69 Å². The van der Waals surface area contributed by atoms with Crippen LogP contribution < -0.4 is 5.73 Å². The third kappa shape index (κ3) is 5.83. The van der Waals surface area contributed by atoms with E-state index < -0.39 is 0 Å². The van der Waals surface area contributed by atoms with Gasteiger partial charge in [-0.2, -0.15) is 0 Å². The van der Waals surface area contributed by atoms with Crippen LogP contribution >= 0.6 is 23.4 Å². The van der Waals surface area contributed by atoms with E-state index in [1.165, 1.54) is 10.5 Å². The van der Waals surface area contributed by atoms with Gasteiger partial charge in [-0.15, -0.1) is 11.8 Å². The van der Waals surface area contributed by atoms with E-state index in [0.717, 1.165) is 36.5 Å². The van der Waals surface area contributed by atoms with Crippen molar-refractivity contribution >= 4 is 29.1 Å². The van der Waals surface area contributed by atoms with Crippen molar-refractivity contribution in [1.82, 2.24) is 9.55 Å². The minimum atomic E-state index is 0.491. The van der Waals surface area contributed by atoms with Crippen LogP contribution in [0.25, 0.3) is 0 Å². The van der Waals surface area contributed by atoms with E-state index in [4.69, 9.17) is 17.3 Å². The summed E-state index contributed by atoms with van der Waals surface area (Å²) in [5.74, 6) is 0. The second-order valence-electron chi connectivity index (χ2n) is 6.09. The maximum atomic E-state index is 5.96. The van der Waals surface area contributed by atoms with Crippen molar-refractivity contribution in [3.05, 3.63) is 77.8 Å². The van der Waals surface area contributed by atoms with E-state index in [1.807, 2.05) is 54.7 Å². The molecule has 1 unspecified atom stereocenters. The van der Waals surface area contributed by atoms with Gasteiger partial charge in [-0.1, -0.05) is 23.7 Å². The number of hydrogen-bond donors (Lipinski definition) is 1. The van der Waals surface area contributed by atoms with Gasteiger partial charge in [0.2, 0.25) is 0 Å². The molecule has 130 valence electrons. The molecule has 2 aromatic carbocycles. The number of imidazole rings is 1. The molecule has 1 heterocycles. The standard InChI is InChI=1S/C20H22ClN3S/c21-17-6-4-16(5-7-17)2-1-3-20(14-24-13-12-23-15-24)25-19-10-8-18(22)9-11-19/h4-13,15,20H,1-3,14,22H2. The minimum Gasteiger partial charge on any atom is -0.399 e. The Morgan fingerprint density at radius 3 is 2.52 bits per heavy atom. The normalized spacial score (nSPS) is 12.2. The van der Waals surface area contributed by atoms with Crippen LogP contribution in [-0.2, 0) is 13.0 Å². The molecule has 0 aliphatic carbocycles. The number of nitrogen functional groups attached to an aromatic ring is 1. The molecule has 0 fully saturated rings. The smallest absolute Gasteiger partial charge is 0.0946 e. The van der Waals surface area contributed by atoms with E-state index in [-0.39, 0.29) is 0 Å². The average Bonchev–Trinajstić information content (AvgIpc) is 3.12. The molecule has 1 atom stereocenters. The molecule has 1 aromatic heterocycles. The summed E-state index contributed by atoms with van der Waals surface area (Å²) in [5, 5.41) is 1.28. The van der Waals surface area contributed by atoms with E-state index in [9.17, 15) is 0 Å². The number of rotatable bonds is 8. The van der Waals surface area contributed by atoms with Gasteiger partial charge in [0.15, 0.2) is 0 Å². The van der Waals surface area contributed by atoms with Gasteiger partial charge in [0, 0.05) is 39.8 Å². The summed E-state index contributed by atoms with van der Waals surface area (Å²) >= 11 is 7.86. The zero-order chi connectivity index (χ0) is 17.5. The Kier molecular flexibility index (Phi) is 6.42. The molecule has 3 rings (SSSR count). The first-order valence-electron chi connectivity index (χ1n) is 8.41. The fraction of sp³-hybridized carbons (Fsp3) is 0.250. The van der Waals surface area contributed by atoms with E-state index in [0.29, 0.717) is 5.25 Å². The maximum absolute atomic E-state index is 5.96. The van der Waals surface area contributed by atoms with Crippen LogP contribution in [0, 0.1) is 0 Å². The number of nitrogens with two attached hydrogens (primary N) is 1. The summed E-state index contributed by atoms with van der Waals surface area (Å²) in [6.45, 7) is 0.954. The Balaban J connectivity index is 1.59. The third-order valence-corrected chi connectivity index (χ3v) is 5.58. The molecule has 0 aliphatic heterocycles. The predicted octanol–water partition coefficient (Wildman–Crippen LogP) is 5.30. The quantitative estimate of drug-likeness (QED) is 0.431. The van der Waals surface area contributed by atoms with E-state index >= 15 is 0 Å². The molecular weight excluding hydrogens is 350 g/mol. The van der Waals surface area contributed by atoms with Crippen molar-refractivity contribution in [2.24, 2.45) is 0 Å². The van der Waals surface area contributed by atoms with Crippen molar-refractivity contribution in [2.45, 2.75) is 36.0 Å². The van der Waals surface area contributed by atoms with Crippen molar-refractivity contribution in [2.75, 3.05) is 5.73 Å². The topological polar surface area (TPSA) is 43.8 Å². The number of benzene rings is 2. The predicted molar refractivity (Wildman–Crippen MR) is 107 cm³/mol. The SMILES string of the molecule is Nc1ccc(SC(CCCc2ccc(Cl)cc2)Cn2ccnc2)cc1. The zero-order valence-corrected chi connectivity index (χ0v) is 15.6. The fourth-order valence-corrected chi connectivity index (χ4v) is 4.08. The Bertz CT molecular complexity index is 755. The highest BCUT2D eigenvalue weighted by Gasteiger charge is 2.12. The molecule has 3 nitrogen and oxygen atoms in total. The molecule has 0 spiro atoms. The summed E-state index contributed by atoms with van der Waals surface area (Å²) in [5.41, 5.74) is 7.93. The number of halogens is 1. The molecule has 25 heavy (non-hydrogen) atoms. The highest BCUT2D eigenvalue weighted by molar-refractivity contribution is 8.00. The second kappa shape index (κ2) is 8.97. The first-order chi connectivity index (χ1) is 12.2. The largest absolute Gasteiger partial charge is 0.399 e. The molecule has 0 saturated carbocycles. The monoisotopic (exact) mass is 371 g/mol. The lowest BCUT2D eigenvalue weighted by Crippen LogP contribution is -2.12. The third-order valence-electron chi connectivity index (χ3n) is 4.06. The molecule has 0 amide bonds. The van der Waals surface area contributed by atoms with Gasteiger partial charge in [-0.3, -0.25) is 0 Å².